The van der Waals surface area contributed by atoms with Crippen molar-refractivity contribution < 1.29 is 13.2 Å². The average molecular weight is 272 g/mol. The van der Waals surface area contributed by atoms with E-state index < -0.39 is 11.7 Å². The summed E-state index contributed by atoms with van der Waals surface area (Å²) in [6.45, 7) is 3.93. The van der Waals surface area contributed by atoms with Crippen LogP contribution in [0.3, 0.4) is 0 Å². The first-order valence-electron chi connectivity index (χ1n) is 6.57. The van der Waals surface area contributed by atoms with Crippen molar-refractivity contribution in [3.05, 3.63) is 34.9 Å². The SMILES string of the molecule is Cc1ccc(CNC2CCNCC2)cc1C(F)(F)F. The van der Waals surface area contributed by atoms with Gasteiger partial charge in [-0.15, -0.1) is 0 Å². The fraction of sp³-hybridized carbons (Fsp3) is 0.571. The van der Waals surface area contributed by atoms with Gasteiger partial charge < -0.3 is 10.6 Å². The number of alkyl halides is 3. The summed E-state index contributed by atoms with van der Waals surface area (Å²) in [5.74, 6) is 0. The highest BCUT2D eigenvalue weighted by Gasteiger charge is 2.32. The van der Waals surface area contributed by atoms with Gasteiger partial charge in [0, 0.05) is 12.6 Å². The first-order chi connectivity index (χ1) is 8.97. The van der Waals surface area contributed by atoms with E-state index in [9.17, 15) is 13.2 Å². The molecule has 0 aliphatic carbocycles. The van der Waals surface area contributed by atoms with Crippen LogP contribution in [-0.2, 0) is 12.7 Å². The Morgan fingerprint density at radius 3 is 2.58 bits per heavy atom. The van der Waals surface area contributed by atoms with E-state index in [1.54, 1.807) is 12.1 Å². The zero-order chi connectivity index (χ0) is 13.9. The molecule has 0 amide bonds. The highest BCUT2D eigenvalue weighted by molar-refractivity contribution is 5.33. The van der Waals surface area contributed by atoms with Crippen LogP contribution in [0.15, 0.2) is 18.2 Å². The van der Waals surface area contributed by atoms with E-state index in [0.717, 1.165) is 25.9 Å². The van der Waals surface area contributed by atoms with Crippen LogP contribution in [0.1, 0.15) is 29.5 Å². The van der Waals surface area contributed by atoms with E-state index in [0.29, 0.717) is 18.2 Å². The molecule has 2 rings (SSSR count). The fourth-order valence-corrected chi connectivity index (χ4v) is 2.37. The number of hydrogen-bond acceptors (Lipinski definition) is 2. The molecule has 1 saturated heterocycles. The molecule has 0 aromatic heterocycles. The quantitative estimate of drug-likeness (QED) is 0.884. The molecule has 19 heavy (non-hydrogen) atoms. The summed E-state index contributed by atoms with van der Waals surface area (Å²) in [6, 6.07) is 4.96. The monoisotopic (exact) mass is 272 g/mol. The van der Waals surface area contributed by atoms with Gasteiger partial charge in [-0.25, -0.2) is 0 Å². The molecule has 0 saturated carbocycles. The topological polar surface area (TPSA) is 24.1 Å². The largest absolute Gasteiger partial charge is 0.416 e. The van der Waals surface area contributed by atoms with Gasteiger partial charge in [0.2, 0.25) is 0 Å². The van der Waals surface area contributed by atoms with Gasteiger partial charge in [-0.2, -0.15) is 13.2 Å². The number of aryl methyl sites for hydroxylation is 1. The molecule has 1 fully saturated rings. The molecule has 0 bridgehead atoms. The average Bonchev–Trinajstić information content (AvgIpc) is 2.37. The maximum absolute atomic E-state index is 12.8. The summed E-state index contributed by atoms with van der Waals surface area (Å²) in [5, 5.41) is 6.59. The summed E-state index contributed by atoms with van der Waals surface area (Å²) in [6.07, 6.45) is -2.22. The third kappa shape index (κ3) is 3.94. The highest BCUT2D eigenvalue weighted by Crippen LogP contribution is 2.32. The number of nitrogens with one attached hydrogen (secondary N) is 2. The van der Waals surface area contributed by atoms with Gasteiger partial charge in [0.25, 0.3) is 0 Å². The second-order valence-electron chi connectivity index (χ2n) is 5.05. The van der Waals surface area contributed by atoms with Crippen LogP contribution in [0.5, 0.6) is 0 Å². The van der Waals surface area contributed by atoms with E-state index >= 15 is 0 Å². The van der Waals surface area contributed by atoms with Gasteiger partial charge in [0.1, 0.15) is 0 Å². The molecule has 0 spiro atoms. The molecule has 106 valence electrons. The van der Waals surface area contributed by atoms with Gasteiger partial charge in [-0.3, -0.25) is 0 Å². The molecular formula is C14H19F3N2. The Morgan fingerprint density at radius 1 is 1.26 bits per heavy atom. The Balaban J connectivity index is 2.00. The van der Waals surface area contributed by atoms with Crippen molar-refractivity contribution in [2.75, 3.05) is 13.1 Å². The molecule has 0 radical (unpaired) electrons. The van der Waals surface area contributed by atoms with Crippen molar-refractivity contribution in [3.8, 4) is 0 Å². The number of benzene rings is 1. The number of piperidine rings is 1. The normalized spacial score (nSPS) is 17.7. The van der Waals surface area contributed by atoms with Crippen LogP contribution in [0.4, 0.5) is 13.2 Å². The Morgan fingerprint density at radius 2 is 1.95 bits per heavy atom. The first-order valence-corrected chi connectivity index (χ1v) is 6.57. The molecule has 2 N–H and O–H groups in total. The van der Waals surface area contributed by atoms with Crippen LogP contribution in [0.2, 0.25) is 0 Å². The summed E-state index contributed by atoms with van der Waals surface area (Å²) in [4.78, 5) is 0. The smallest absolute Gasteiger partial charge is 0.317 e. The Kier molecular flexibility index (Phi) is 4.47. The van der Waals surface area contributed by atoms with Crippen molar-refractivity contribution >= 4 is 0 Å². The predicted molar refractivity (Wildman–Crippen MR) is 68.9 cm³/mol. The van der Waals surface area contributed by atoms with Gasteiger partial charge in [-0.1, -0.05) is 12.1 Å². The Labute approximate surface area is 111 Å². The third-order valence-electron chi connectivity index (χ3n) is 3.54. The minimum Gasteiger partial charge on any atom is -0.317 e. The standard InChI is InChI=1S/C14H19F3N2/c1-10-2-3-11(8-13(10)14(15,16)17)9-19-12-4-6-18-7-5-12/h2-3,8,12,18-19H,4-7,9H2,1H3. The van der Waals surface area contributed by atoms with Crippen molar-refractivity contribution in [3.63, 3.8) is 0 Å². The van der Waals surface area contributed by atoms with Crippen LogP contribution in [0, 0.1) is 6.92 Å². The summed E-state index contributed by atoms with van der Waals surface area (Å²) in [5.41, 5.74) is 0.437. The Bertz CT molecular complexity index is 423. The molecule has 1 aromatic carbocycles. The lowest BCUT2D eigenvalue weighted by Crippen LogP contribution is -2.39. The zero-order valence-corrected chi connectivity index (χ0v) is 11.0. The molecule has 1 heterocycles. The van der Waals surface area contributed by atoms with E-state index in [1.165, 1.54) is 13.0 Å². The molecule has 1 aliphatic rings. The van der Waals surface area contributed by atoms with Gasteiger partial charge in [0.15, 0.2) is 0 Å². The van der Waals surface area contributed by atoms with Gasteiger partial charge in [-0.05, 0) is 50.0 Å². The summed E-state index contributed by atoms with van der Waals surface area (Å²) >= 11 is 0. The molecule has 1 aromatic rings. The first kappa shape index (κ1) is 14.3. The van der Waals surface area contributed by atoms with Crippen LogP contribution >= 0.6 is 0 Å². The van der Waals surface area contributed by atoms with Crippen LogP contribution in [0.25, 0.3) is 0 Å². The second-order valence-corrected chi connectivity index (χ2v) is 5.05. The highest BCUT2D eigenvalue weighted by atomic mass is 19.4. The number of hydrogen-bond donors (Lipinski definition) is 2. The minimum atomic E-state index is -4.27. The Hall–Kier alpha value is -1.07. The maximum Gasteiger partial charge on any atom is 0.416 e. The molecule has 0 unspecified atom stereocenters. The van der Waals surface area contributed by atoms with E-state index in [-0.39, 0.29) is 5.56 Å². The number of halogens is 3. The lowest BCUT2D eigenvalue weighted by molar-refractivity contribution is -0.138. The maximum atomic E-state index is 12.8. The fourth-order valence-electron chi connectivity index (χ4n) is 2.37. The zero-order valence-electron chi connectivity index (χ0n) is 11.0. The van der Waals surface area contributed by atoms with E-state index in [2.05, 4.69) is 10.6 Å². The lowest BCUT2D eigenvalue weighted by Gasteiger charge is -2.24. The van der Waals surface area contributed by atoms with Crippen molar-refractivity contribution in [1.82, 2.24) is 10.6 Å². The lowest BCUT2D eigenvalue weighted by atomic mass is 10.0. The predicted octanol–water partition coefficient (Wildman–Crippen LogP) is 2.86. The van der Waals surface area contributed by atoms with Crippen LogP contribution < -0.4 is 10.6 Å². The molecular weight excluding hydrogens is 253 g/mol. The molecule has 1 aliphatic heterocycles. The second kappa shape index (κ2) is 5.92. The van der Waals surface area contributed by atoms with E-state index in [4.69, 9.17) is 0 Å². The van der Waals surface area contributed by atoms with Gasteiger partial charge >= 0.3 is 6.18 Å². The molecule has 2 nitrogen and oxygen atoms in total. The van der Waals surface area contributed by atoms with Crippen molar-refractivity contribution in [2.45, 2.75) is 38.5 Å². The third-order valence-corrected chi connectivity index (χ3v) is 3.54. The van der Waals surface area contributed by atoms with Gasteiger partial charge in [0.05, 0.1) is 5.56 Å². The summed E-state index contributed by atoms with van der Waals surface area (Å²) in [7, 11) is 0. The minimum absolute atomic E-state index is 0.276. The number of rotatable bonds is 3. The summed E-state index contributed by atoms with van der Waals surface area (Å²) < 4.78 is 38.4. The van der Waals surface area contributed by atoms with Crippen molar-refractivity contribution in [1.29, 1.82) is 0 Å². The van der Waals surface area contributed by atoms with E-state index in [1.807, 2.05) is 0 Å². The van der Waals surface area contributed by atoms with Crippen LogP contribution in [-0.4, -0.2) is 19.1 Å². The molecule has 0 atom stereocenters. The van der Waals surface area contributed by atoms with Crippen molar-refractivity contribution in [2.24, 2.45) is 0 Å². The molecule has 5 heteroatoms.